The van der Waals surface area contributed by atoms with Gasteiger partial charge in [0.05, 0.1) is 36.0 Å². The summed E-state index contributed by atoms with van der Waals surface area (Å²) in [5.41, 5.74) is -1.49. The SMILES string of the molecule is COc1c(F)ccc2c(=O)c(C(=O)O)cn(C3CC3)c12.COc1c(F)ccc2c(=O)c(C(=O)OB(OC(C)=O)OC(C)=O)cn(C3CC3)c12.O=BB(O)O. The molecule has 0 radical (unpaired) electrons. The van der Waals surface area contributed by atoms with Crippen molar-refractivity contribution in [2.45, 2.75) is 51.6 Å². The third-order valence-corrected chi connectivity index (χ3v) is 7.79. The number of ether oxygens (including phenoxy) is 2. The number of benzene rings is 2. The molecule has 0 spiro atoms. The first kappa shape index (κ1) is 40.9. The van der Waals surface area contributed by atoms with Crippen LogP contribution in [0.5, 0.6) is 11.5 Å². The number of hydrogen-bond donors (Lipinski definition) is 3. The Labute approximate surface area is 304 Å². The van der Waals surface area contributed by atoms with Gasteiger partial charge in [-0.15, -0.1) is 0 Å². The average molecular weight is 754 g/mol. The maximum atomic E-state index is 14.2. The number of carboxylic acid groups (broad SMARTS) is 1. The maximum absolute atomic E-state index is 14.2. The molecule has 2 saturated carbocycles. The van der Waals surface area contributed by atoms with Crippen LogP contribution in [0.3, 0.4) is 0 Å². The zero-order valence-corrected chi connectivity index (χ0v) is 29.1. The predicted octanol–water partition coefficient (Wildman–Crippen LogP) is 1.94. The first-order valence-corrected chi connectivity index (χ1v) is 16.0. The van der Waals surface area contributed by atoms with Gasteiger partial charge in [0, 0.05) is 38.3 Å². The van der Waals surface area contributed by atoms with Crippen LogP contribution in [-0.2, 0) is 28.3 Å². The summed E-state index contributed by atoms with van der Waals surface area (Å²) in [6, 6.07) is 4.78. The summed E-state index contributed by atoms with van der Waals surface area (Å²) in [6.07, 6.45) is 5.82. The van der Waals surface area contributed by atoms with E-state index in [-0.39, 0.29) is 58.0 Å². The number of rotatable bonds is 10. The Morgan fingerprint density at radius 3 is 1.46 bits per heavy atom. The number of carboxylic acids is 1. The zero-order chi connectivity index (χ0) is 40.0. The molecule has 2 aromatic heterocycles. The topological polar surface area (TPSA) is 236 Å². The van der Waals surface area contributed by atoms with Gasteiger partial charge >= 0.3 is 48.1 Å². The Kier molecular flexibility index (Phi) is 13.1. The summed E-state index contributed by atoms with van der Waals surface area (Å²) in [7, 11) is -1.10. The quantitative estimate of drug-likeness (QED) is 0.196. The van der Waals surface area contributed by atoms with Gasteiger partial charge in [0.1, 0.15) is 11.1 Å². The van der Waals surface area contributed by atoms with Gasteiger partial charge in [-0.1, -0.05) is 0 Å². The van der Waals surface area contributed by atoms with Crippen LogP contribution in [0.4, 0.5) is 8.78 Å². The number of fused-ring (bicyclic) bond motifs is 2. The van der Waals surface area contributed by atoms with Crippen molar-refractivity contribution in [2.24, 2.45) is 0 Å². The van der Waals surface area contributed by atoms with Crippen molar-refractivity contribution in [3.05, 3.63) is 79.9 Å². The van der Waals surface area contributed by atoms with E-state index in [4.69, 9.17) is 34.0 Å². The van der Waals surface area contributed by atoms with Gasteiger partial charge in [-0.05, 0) is 49.9 Å². The van der Waals surface area contributed by atoms with E-state index in [9.17, 15) is 37.5 Å². The van der Waals surface area contributed by atoms with E-state index in [0.717, 1.165) is 51.7 Å². The molecule has 0 atom stereocenters. The van der Waals surface area contributed by atoms with Gasteiger partial charge in [0.2, 0.25) is 10.9 Å². The molecule has 0 amide bonds. The van der Waals surface area contributed by atoms with Gasteiger partial charge in [-0.25, -0.2) is 18.4 Å². The molecule has 0 saturated heterocycles. The third-order valence-electron chi connectivity index (χ3n) is 7.79. The normalized spacial score (nSPS) is 12.9. The summed E-state index contributed by atoms with van der Waals surface area (Å²) >= 11 is 0. The first-order valence-electron chi connectivity index (χ1n) is 16.0. The fourth-order valence-corrected chi connectivity index (χ4v) is 5.25. The molecular weight excluding hydrogens is 723 g/mol. The Hall–Kier alpha value is -5.89. The van der Waals surface area contributed by atoms with E-state index in [1.165, 1.54) is 38.7 Å². The second-order valence-corrected chi connectivity index (χ2v) is 11.7. The average Bonchev–Trinajstić information content (AvgIpc) is 4.03. The van der Waals surface area contributed by atoms with Crippen LogP contribution in [0.25, 0.3) is 21.8 Å². The summed E-state index contributed by atoms with van der Waals surface area (Å²) < 4.78 is 64.5. The molecular formula is C32H31B3F2N2O15. The van der Waals surface area contributed by atoms with E-state index < -0.39 is 60.7 Å². The molecule has 22 heteroatoms. The Morgan fingerprint density at radius 1 is 0.741 bits per heavy atom. The van der Waals surface area contributed by atoms with Crippen molar-refractivity contribution in [1.29, 1.82) is 0 Å². The number of aromatic carboxylic acids is 1. The van der Waals surface area contributed by atoms with E-state index in [1.54, 1.807) is 9.13 Å². The van der Waals surface area contributed by atoms with Crippen LogP contribution >= 0.6 is 0 Å². The van der Waals surface area contributed by atoms with Crippen LogP contribution in [-0.4, -0.2) is 83.8 Å². The van der Waals surface area contributed by atoms with Crippen LogP contribution in [0, 0.1) is 11.6 Å². The Morgan fingerprint density at radius 2 is 1.13 bits per heavy atom. The number of carbonyl (C=O) groups is 4. The second kappa shape index (κ2) is 17.3. The number of pyridine rings is 2. The van der Waals surface area contributed by atoms with Crippen molar-refractivity contribution >= 4 is 67.1 Å². The molecule has 17 nitrogen and oxygen atoms in total. The fraction of sp³-hybridized carbons (Fsp3) is 0.312. The number of nitrogens with zero attached hydrogens (tertiary/aromatic N) is 2. The number of hydrogen-bond acceptors (Lipinski definition) is 14. The molecule has 4 aromatic rings. The summed E-state index contributed by atoms with van der Waals surface area (Å²) in [6.45, 7) is 2.06. The molecule has 3 N–H and O–H groups in total. The second-order valence-electron chi connectivity index (χ2n) is 11.7. The number of halogens is 2. The number of carbonyl (C=O) groups excluding carboxylic acids is 3. The molecule has 2 fully saturated rings. The monoisotopic (exact) mass is 754 g/mol. The molecule has 2 heterocycles. The van der Waals surface area contributed by atoms with Gasteiger partial charge in [0.15, 0.2) is 23.1 Å². The van der Waals surface area contributed by atoms with Crippen LogP contribution < -0.4 is 20.3 Å². The standard InChI is InChI=1S/C18H17BFNO8.C14H12FNO4.B2H2O3/c1-9(22)27-19(28-10(2)23)29-18(25)13-8-21(11-4-5-11)15-12(16(13)24)6-7-14(20)17(15)26-3;1-20-13-10(15)5-4-8-11(13)16(7-2-3-7)6-9(12(8)17)14(18)19;3-1-2(4)5/h6-8,11H,4-5H2,1-3H3;4-7H,2-3H2,1H3,(H,18,19);4-5H. The van der Waals surface area contributed by atoms with Crippen molar-refractivity contribution in [3.63, 3.8) is 0 Å². The molecule has 0 unspecified atom stereocenters. The van der Waals surface area contributed by atoms with E-state index in [2.05, 4.69) is 9.31 Å². The van der Waals surface area contributed by atoms with Crippen molar-refractivity contribution in [2.75, 3.05) is 14.2 Å². The van der Waals surface area contributed by atoms with Crippen molar-refractivity contribution < 1.29 is 71.3 Å². The van der Waals surface area contributed by atoms with Crippen molar-refractivity contribution in [3.8, 4) is 11.5 Å². The summed E-state index contributed by atoms with van der Waals surface area (Å²) in [4.78, 5) is 71.0. The fourth-order valence-electron chi connectivity index (χ4n) is 5.25. The van der Waals surface area contributed by atoms with Gasteiger partial charge in [-0.2, -0.15) is 0 Å². The van der Waals surface area contributed by atoms with Gasteiger partial charge in [0.25, 0.3) is 11.9 Å². The molecule has 0 aliphatic heterocycles. The van der Waals surface area contributed by atoms with E-state index >= 15 is 0 Å². The Balaban J connectivity index is 0.000000224. The molecule has 282 valence electrons. The van der Waals surface area contributed by atoms with Gasteiger partial charge < -0.3 is 37.7 Å². The minimum atomic E-state index is -1.94. The third kappa shape index (κ3) is 9.36. The van der Waals surface area contributed by atoms with Gasteiger partial charge in [-0.3, -0.25) is 19.2 Å². The summed E-state index contributed by atoms with van der Waals surface area (Å²) in [5, 5.41) is 24.4. The van der Waals surface area contributed by atoms with E-state index in [0.29, 0.717) is 5.52 Å². The molecule has 2 aliphatic carbocycles. The van der Waals surface area contributed by atoms with Crippen molar-refractivity contribution in [1.82, 2.24) is 9.13 Å². The summed E-state index contributed by atoms with van der Waals surface area (Å²) in [5.74, 6) is -5.52. The van der Waals surface area contributed by atoms with Crippen LogP contribution in [0.15, 0.2) is 46.2 Å². The number of methoxy groups -OCH3 is 2. The van der Waals surface area contributed by atoms with E-state index in [1.807, 2.05) is 0 Å². The molecule has 0 bridgehead atoms. The zero-order valence-electron chi connectivity index (χ0n) is 29.1. The minimum absolute atomic E-state index is 0.0246. The molecule has 2 aliphatic rings. The molecule has 54 heavy (non-hydrogen) atoms. The predicted molar refractivity (Wildman–Crippen MR) is 184 cm³/mol. The number of aromatic nitrogens is 2. The molecule has 2 aromatic carbocycles. The first-order chi connectivity index (χ1) is 25.5. The van der Waals surface area contributed by atoms with Crippen LogP contribution in [0.1, 0.15) is 72.3 Å². The Bertz CT molecular complexity index is 2240. The van der Waals surface area contributed by atoms with Crippen LogP contribution in [0.2, 0.25) is 0 Å². The molecule has 6 rings (SSSR count).